The highest BCUT2D eigenvalue weighted by atomic mass is 32.1. The van der Waals surface area contributed by atoms with E-state index in [1.807, 2.05) is 55.3 Å². The number of thiocarbonyl (C=S) groups is 1. The highest BCUT2D eigenvalue weighted by Gasteiger charge is 2.15. The van der Waals surface area contributed by atoms with Crippen molar-refractivity contribution < 1.29 is 4.74 Å². The van der Waals surface area contributed by atoms with Gasteiger partial charge in [0.1, 0.15) is 4.99 Å². The molecule has 104 valence electrons. The van der Waals surface area contributed by atoms with Crippen molar-refractivity contribution in [2.75, 3.05) is 18.6 Å². The molecule has 0 unspecified atom stereocenters. The first-order chi connectivity index (χ1) is 9.65. The maximum atomic E-state index is 5.78. The fourth-order valence-electron chi connectivity index (χ4n) is 1.99. The standard InChI is InChI=1S/C15H17N3OS/c1-3-19-13-9-6-10-17-15(13)18(2)12-8-5-4-7-11(12)14(16)20/h4-10H,3H2,1-2H3,(H2,16,20). The number of pyridine rings is 1. The molecule has 1 aromatic heterocycles. The van der Waals surface area contributed by atoms with Gasteiger partial charge in [-0.3, -0.25) is 0 Å². The largest absolute Gasteiger partial charge is 0.490 e. The average molecular weight is 287 g/mol. The molecule has 0 bridgehead atoms. The molecule has 5 heteroatoms. The Kier molecular flexibility index (Phi) is 4.53. The molecule has 0 fully saturated rings. The van der Waals surface area contributed by atoms with Crippen molar-refractivity contribution in [2.45, 2.75) is 6.92 Å². The Balaban J connectivity index is 2.46. The van der Waals surface area contributed by atoms with E-state index in [9.17, 15) is 0 Å². The van der Waals surface area contributed by atoms with Crippen molar-refractivity contribution in [1.82, 2.24) is 4.98 Å². The average Bonchev–Trinajstić information content (AvgIpc) is 2.47. The molecule has 0 atom stereocenters. The molecule has 0 spiro atoms. The zero-order valence-corrected chi connectivity index (χ0v) is 12.4. The van der Waals surface area contributed by atoms with Crippen LogP contribution in [0.2, 0.25) is 0 Å². The molecule has 0 aliphatic carbocycles. The van der Waals surface area contributed by atoms with Gasteiger partial charge in [0.25, 0.3) is 0 Å². The van der Waals surface area contributed by atoms with E-state index in [1.54, 1.807) is 6.20 Å². The van der Waals surface area contributed by atoms with Crippen LogP contribution in [0.4, 0.5) is 11.5 Å². The SMILES string of the molecule is CCOc1cccnc1N(C)c1ccccc1C(N)=S. The van der Waals surface area contributed by atoms with Gasteiger partial charge in [0.2, 0.25) is 0 Å². The van der Waals surface area contributed by atoms with Crippen LogP contribution in [0.1, 0.15) is 12.5 Å². The van der Waals surface area contributed by atoms with Crippen molar-refractivity contribution in [1.29, 1.82) is 0 Å². The van der Waals surface area contributed by atoms with Crippen LogP contribution in [0.3, 0.4) is 0 Å². The first-order valence-corrected chi connectivity index (χ1v) is 6.76. The summed E-state index contributed by atoms with van der Waals surface area (Å²) in [5.41, 5.74) is 7.50. The topological polar surface area (TPSA) is 51.4 Å². The van der Waals surface area contributed by atoms with E-state index in [2.05, 4.69) is 4.98 Å². The van der Waals surface area contributed by atoms with Crippen LogP contribution in [0.15, 0.2) is 42.6 Å². The molecule has 2 rings (SSSR count). The minimum absolute atomic E-state index is 0.362. The van der Waals surface area contributed by atoms with Crippen LogP contribution >= 0.6 is 12.2 Å². The Morgan fingerprint density at radius 1 is 1.30 bits per heavy atom. The maximum Gasteiger partial charge on any atom is 0.175 e. The van der Waals surface area contributed by atoms with Gasteiger partial charge in [-0.2, -0.15) is 0 Å². The molecule has 1 aromatic carbocycles. The second kappa shape index (κ2) is 6.34. The third-order valence-electron chi connectivity index (χ3n) is 2.90. The summed E-state index contributed by atoms with van der Waals surface area (Å²) < 4.78 is 5.61. The Morgan fingerprint density at radius 2 is 2.05 bits per heavy atom. The second-order valence-corrected chi connectivity index (χ2v) is 4.64. The molecule has 2 N–H and O–H groups in total. The van der Waals surface area contributed by atoms with Crippen LogP contribution in [0, 0.1) is 0 Å². The van der Waals surface area contributed by atoms with Gasteiger partial charge < -0.3 is 15.4 Å². The fourth-order valence-corrected chi connectivity index (χ4v) is 2.16. The summed E-state index contributed by atoms with van der Waals surface area (Å²) in [5.74, 6) is 1.47. The number of hydrogen-bond donors (Lipinski definition) is 1. The number of rotatable bonds is 5. The van der Waals surface area contributed by atoms with Gasteiger partial charge in [-0.05, 0) is 31.2 Å². The van der Waals surface area contributed by atoms with Crippen molar-refractivity contribution in [3.63, 3.8) is 0 Å². The van der Waals surface area contributed by atoms with Crippen molar-refractivity contribution in [3.05, 3.63) is 48.2 Å². The number of aromatic nitrogens is 1. The number of nitrogens with two attached hydrogens (primary N) is 1. The molecule has 0 saturated carbocycles. The summed E-state index contributed by atoms with van der Waals surface area (Å²) in [7, 11) is 1.92. The number of benzene rings is 1. The third-order valence-corrected chi connectivity index (χ3v) is 3.12. The molecule has 0 aliphatic rings. The van der Waals surface area contributed by atoms with Gasteiger partial charge in [0.05, 0.1) is 12.3 Å². The minimum atomic E-state index is 0.362. The predicted molar refractivity (Wildman–Crippen MR) is 85.8 cm³/mol. The summed E-state index contributed by atoms with van der Waals surface area (Å²) in [4.78, 5) is 6.68. The molecule has 1 heterocycles. The molecule has 4 nitrogen and oxygen atoms in total. The van der Waals surface area contributed by atoms with E-state index < -0.39 is 0 Å². The van der Waals surface area contributed by atoms with Crippen LogP contribution in [0.25, 0.3) is 0 Å². The third kappa shape index (κ3) is 2.88. The summed E-state index contributed by atoms with van der Waals surface area (Å²) in [6.45, 7) is 2.53. The number of para-hydroxylation sites is 1. The van der Waals surface area contributed by atoms with E-state index in [-0.39, 0.29) is 0 Å². The highest BCUT2D eigenvalue weighted by Crippen LogP contribution is 2.32. The molecule has 20 heavy (non-hydrogen) atoms. The van der Waals surface area contributed by atoms with Gasteiger partial charge >= 0.3 is 0 Å². The van der Waals surface area contributed by atoms with E-state index in [4.69, 9.17) is 22.7 Å². The molecule has 0 amide bonds. The van der Waals surface area contributed by atoms with Crippen LogP contribution in [-0.4, -0.2) is 23.6 Å². The highest BCUT2D eigenvalue weighted by molar-refractivity contribution is 7.80. The lowest BCUT2D eigenvalue weighted by molar-refractivity contribution is 0.340. The second-order valence-electron chi connectivity index (χ2n) is 4.20. The first-order valence-electron chi connectivity index (χ1n) is 6.35. The van der Waals surface area contributed by atoms with Crippen molar-refractivity contribution in [2.24, 2.45) is 5.73 Å². The van der Waals surface area contributed by atoms with Crippen LogP contribution in [-0.2, 0) is 0 Å². The van der Waals surface area contributed by atoms with E-state index in [1.165, 1.54) is 0 Å². The normalized spacial score (nSPS) is 10.1. The van der Waals surface area contributed by atoms with Gasteiger partial charge in [-0.15, -0.1) is 0 Å². The molecule has 0 saturated heterocycles. The smallest absolute Gasteiger partial charge is 0.175 e. The molecule has 0 aliphatic heterocycles. The van der Waals surface area contributed by atoms with Crippen LogP contribution < -0.4 is 15.4 Å². The Hall–Kier alpha value is -2.14. The number of nitrogens with zero attached hydrogens (tertiary/aromatic N) is 2. The predicted octanol–water partition coefficient (Wildman–Crippen LogP) is 2.88. The van der Waals surface area contributed by atoms with Gasteiger partial charge in [-0.1, -0.05) is 24.4 Å². The van der Waals surface area contributed by atoms with Crippen LogP contribution in [0.5, 0.6) is 5.75 Å². The Morgan fingerprint density at radius 3 is 2.75 bits per heavy atom. The summed E-state index contributed by atoms with van der Waals surface area (Å²) in [6.07, 6.45) is 1.73. The minimum Gasteiger partial charge on any atom is -0.490 e. The van der Waals surface area contributed by atoms with E-state index in [0.717, 1.165) is 22.8 Å². The number of ether oxygens (including phenoxy) is 1. The zero-order chi connectivity index (χ0) is 14.5. The first kappa shape index (κ1) is 14.3. The Bertz CT molecular complexity index is 616. The summed E-state index contributed by atoms with van der Waals surface area (Å²) in [5, 5.41) is 0. The van der Waals surface area contributed by atoms with Crippen molar-refractivity contribution in [3.8, 4) is 5.75 Å². The molecular weight excluding hydrogens is 270 g/mol. The van der Waals surface area contributed by atoms with Gasteiger partial charge in [-0.25, -0.2) is 4.98 Å². The number of hydrogen-bond acceptors (Lipinski definition) is 4. The van der Waals surface area contributed by atoms with E-state index in [0.29, 0.717) is 11.6 Å². The maximum absolute atomic E-state index is 5.78. The monoisotopic (exact) mass is 287 g/mol. The summed E-state index contributed by atoms with van der Waals surface area (Å²) in [6, 6.07) is 11.5. The van der Waals surface area contributed by atoms with Gasteiger partial charge in [0, 0.05) is 18.8 Å². The number of anilines is 2. The quantitative estimate of drug-likeness (QED) is 0.857. The van der Waals surface area contributed by atoms with Crippen molar-refractivity contribution >= 4 is 28.7 Å². The lowest BCUT2D eigenvalue weighted by Crippen LogP contribution is -2.19. The molecular formula is C15H17N3OS. The van der Waals surface area contributed by atoms with E-state index >= 15 is 0 Å². The fraction of sp³-hybridized carbons (Fsp3) is 0.200. The molecule has 2 aromatic rings. The zero-order valence-electron chi connectivity index (χ0n) is 11.5. The Labute approximate surface area is 124 Å². The molecule has 0 radical (unpaired) electrons. The lowest BCUT2D eigenvalue weighted by atomic mass is 10.1. The summed E-state index contributed by atoms with van der Waals surface area (Å²) >= 11 is 5.10. The lowest BCUT2D eigenvalue weighted by Gasteiger charge is -2.23. The van der Waals surface area contributed by atoms with Gasteiger partial charge in [0.15, 0.2) is 11.6 Å².